The number of H-pyrrole nitrogens is 1. The maximum atomic E-state index is 12.1. The van der Waals surface area contributed by atoms with Gasteiger partial charge in [-0.1, -0.05) is 30.3 Å². The zero-order valence-corrected chi connectivity index (χ0v) is 11.8. The summed E-state index contributed by atoms with van der Waals surface area (Å²) in [6.07, 6.45) is 0. The average molecular weight is 288 g/mol. The van der Waals surface area contributed by atoms with Gasteiger partial charge in [-0.25, -0.2) is 4.68 Å². The van der Waals surface area contributed by atoms with Crippen LogP contribution in [0.3, 0.4) is 0 Å². The molecule has 0 radical (unpaired) electrons. The van der Waals surface area contributed by atoms with E-state index in [0.29, 0.717) is 16.7 Å². The van der Waals surface area contributed by atoms with Gasteiger partial charge in [-0.3, -0.25) is 19.5 Å². The number of hydrogen-bond donors (Lipinski definition) is 2. The van der Waals surface area contributed by atoms with Crippen molar-refractivity contribution in [1.82, 2.24) is 9.78 Å². The number of aromatic amines is 1. The topological polar surface area (TPSA) is 92.2 Å². The number of aliphatic carboxylic acids is 1. The van der Waals surface area contributed by atoms with Gasteiger partial charge in [0.2, 0.25) is 0 Å². The molecule has 0 amide bonds. The van der Waals surface area contributed by atoms with Gasteiger partial charge in [-0.2, -0.15) is 0 Å². The Kier molecular flexibility index (Phi) is 4.07. The molecule has 21 heavy (non-hydrogen) atoms. The fourth-order valence-corrected chi connectivity index (χ4v) is 2.11. The van der Waals surface area contributed by atoms with Crippen molar-refractivity contribution < 1.29 is 9.90 Å². The van der Waals surface area contributed by atoms with Crippen LogP contribution in [-0.2, 0) is 11.3 Å². The number of aromatic nitrogens is 2. The SMILES string of the molecule is Cc1c(C)c(=O)n(CC(C(=O)O)c2ccccc2)[nH]c1=O. The molecule has 1 aromatic carbocycles. The third-order valence-electron chi connectivity index (χ3n) is 3.57. The Morgan fingerprint density at radius 2 is 1.81 bits per heavy atom. The molecule has 1 unspecified atom stereocenters. The minimum Gasteiger partial charge on any atom is -0.481 e. The predicted octanol–water partition coefficient (Wildman–Crippen LogP) is 1.02. The van der Waals surface area contributed by atoms with Crippen LogP contribution in [0.4, 0.5) is 0 Å². The summed E-state index contributed by atoms with van der Waals surface area (Å²) in [4.78, 5) is 35.3. The van der Waals surface area contributed by atoms with Crippen LogP contribution >= 0.6 is 0 Å². The van der Waals surface area contributed by atoms with Gasteiger partial charge in [-0.15, -0.1) is 0 Å². The van der Waals surface area contributed by atoms with Crippen LogP contribution < -0.4 is 11.1 Å². The summed E-state index contributed by atoms with van der Waals surface area (Å²) in [6, 6.07) is 8.62. The van der Waals surface area contributed by atoms with Gasteiger partial charge in [0, 0.05) is 11.1 Å². The van der Waals surface area contributed by atoms with E-state index in [1.54, 1.807) is 44.2 Å². The van der Waals surface area contributed by atoms with Crippen LogP contribution in [0.25, 0.3) is 0 Å². The van der Waals surface area contributed by atoms with Crippen LogP contribution in [0.1, 0.15) is 22.6 Å². The summed E-state index contributed by atoms with van der Waals surface area (Å²) in [5.41, 5.74) is 0.494. The van der Waals surface area contributed by atoms with Gasteiger partial charge >= 0.3 is 5.97 Å². The Morgan fingerprint density at radius 3 is 2.38 bits per heavy atom. The summed E-state index contributed by atoms with van der Waals surface area (Å²) in [6.45, 7) is 3.00. The van der Waals surface area contributed by atoms with E-state index in [4.69, 9.17) is 0 Å². The van der Waals surface area contributed by atoms with E-state index in [1.165, 1.54) is 0 Å². The molecule has 0 saturated heterocycles. The fraction of sp³-hybridized carbons (Fsp3) is 0.267. The number of rotatable bonds is 4. The average Bonchev–Trinajstić information content (AvgIpc) is 2.48. The second-order valence-electron chi connectivity index (χ2n) is 4.91. The lowest BCUT2D eigenvalue weighted by Gasteiger charge is -2.15. The van der Waals surface area contributed by atoms with Crippen LogP contribution in [0, 0.1) is 13.8 Å². The third kappa shape index (κ3) is 2.94. The molecule has 6 heteroatoms. The third-order valence-corrected chi connectivity index (χ3v) is 3.57. The summed E-state index contributed by atoms with van der Waals surface area (Å²) in [5, 5.41) is 11.8. The summed E-state index contributed by atoms with van der Waals surface area (Å²) in [7, 11) is 0. The van der Waals surface area contributed by atoms with Crippen LogP contribution in [-0.4, -0.2) is 20.9 Å². The summed E-state index contributed by atoms with van der Waals surface area (Å²) >= 11 is 0. The van der Waals surface area contributed by atoms with E-state index in [2.05, 4.69) is 5.10 Å². The molecule has 2 N–H and O–H groups in total. The monoisotopic (exact) mass is 288 g/mol. The lowest BCUT2D eigenvalue weighted by Crippen LogP contribution is -2.36. The molecular formula is C15H16N2O4. The van der Waals surface area contributed by atoms with Crippen molar-refractivity contribution in [2.45, 2.75) is 26.3 Å². The molecule has 2 rings (SSSR count). The van der Waals surface area contributed by atoms with E-state index < -0.39 is 11.9 Å². The van der Waals surface area contributed by atoms with E-state index >= 15 is 0 Å². The fourth-order valence-electron chi connectivity index (χ4n) is 2.11. The standard InChI is InChI=1S/C15H16N2O4/c1-9-10(2)14(19)17(16-13(9)18)8-12(15(20)21)11-6-4-3-5-7-11/h3-7,12H,8H2,1-2H3,(H,16,18)(H,20,21). The summed E-state index contributed by atoms with van der Waals surface area (Å²) < 4.78 is 1.07. The molecule has 0 fully saturated rings. The maximum absolute atomic E-state index is 12.1. The highest BCUT2D eigenvalue weighted by Crippen LogP contribution is 2.17. The van der Waals surface area contributed by atoms with Gasteiger partial charge in [0.15, 0.2) is 0 Å². The van der Waals surface area contributed by atoms with Crippen LogP contribution in [0.15, 0.2) is 39.9 Å². The molecule has 110 valence electrons. The molecule has 1 atom stereocenters. The zero-order chi connectivity index (χ0) is 15.6. The van der Waals surface area contributed by atoms with Crippen LogP contribution in [0.5, 0.6) is 0 Å². The molecule has 0 aliphatic carbocycles. The first-order valence-corrected chi connectivity index (χ1v) is 6.50. The van der Waals surface area contributed by atoms with Gasteiger partial charge in [0.1, 0.15) is 5.92 Å². The van der Waals surface area contributed by atoms with Gasteiger partial charge in [0.05, 0.1) is 6.54 Å². The lowest BCUT2D eigenvalue weighted by molar-refractivity contribution is -0.139. The van der Waals surface area contributed by atoms with Crippen LogP contribution in [0.2, 0.25) is 0 Å². The number of hydrogen-bond acceptors (Lipinski definition) is 3. The first kappa shape index (κ1) is 14.8. The normalized spacial score (nSPS) is 12.1. The van der Waals surface area contributed by atoms with Gasteiger partial charge < -0.3 is 5.11 Å². The van der Waals surface area contributed by atoms with E-state index in [1.807, 2.05) is 0 Å². The molecule has 2 aromatic rings. The van der Waals surface area contributed by atoms with Crippen molar-refractivity contribution in [2.75, 3.05) is 0 Å². The Labute approximate surface area is 120 Å². The smallest absolute Gasteiger partial charge is 0.312 e. The lowest BCUT2D eigenvalue weighted by atomic mass is 9.99. The maximum Gasteiger partial charge on any atom is 0.312 e. The molecule has 1 aromatic heterocycles. The number of carboxylic acids is 1. The van der Waals surface area contributed by atoms with Crippen molar-refractivity contribution >= 4 is 5.97 Å². The molecule has 0 bridgehead atoms. The summed E-state index contributed by atoms with van der Waals surface area (Å²) in [5.74, 6) is -1.95. The first-order valence-electron chi connectivity index (χ1n) is 6.50. The quantitative estimate of drug-likeness (QED) is 0.878. The van der Waals surface area contributed by atoms with E-state index in [0.717, 1.165) is 4.68 Å². The zero-order valence-electron chi connectivity index (χ0n) is 11.8. The molecule has 1 heterocycles. The van der Waals surface area contributed by atoms with Gasteiger partial charge in [-0.05, 0) is 19.4 Å². The number of benzene rings is 1. The Hall–Kier alpha value is -2.63. The van der Waals surface area contributed by atoms with E-state index in [-0.39, 0.29) is 17.7 Å². The van der Waals surface area contributed by atoms with Crippen molar-refractivity contribution in [3.05, 3.63) is 67.7 Å². The molecular weight excluding hydrogens is 272 g/mol. The Morgan fingerprint density at radius 1 is 1.19 bits per heavy atom. The molecule has 0 aliphatic heterocycles. The Balaban J connectivity index is 2.47. The Bertz CT molecular complexity index is 774. The van der Waals surface area contributed by atoms with E-state index in [9.17, 15) is 19.5 Å². The van der Waals surface area contributed by atoms with Crippen molar-refractivity contribution in [2.24, 2.45) is 0 Å². The number of nitrogens with zero attached hydrogens (tertiary/aromatic N) is 1. The first-order chi connectivity index (χ1) is 9.91. The number of carbonyl (C=O) groups is 1. The molecule has 0 saturated carbocycles. The highest BCUT2D eigenvalue weighted by atomic mass is 16.4. The van der Waals surface area contributed by atoms with Gasteiger partial charge in [0.25, 0.3) is 11.1 Å². The molecule has 0 spiro atoms. The number of nitrogens with one attached hydrogen (secondary N) is 1. The molecule has 6 nitrogen and oxygen atoms in total. The number of carboxylic acid groups (broad SMARTS) is 1. The minimum absolute atomic E-state index is 0.117. The van der Waals surface area contributed by atoms with Crippen molar-refractivity contribution in [3.63, 3.8) is 0 Å². The van der Waals surface area contributed by atoms with Crippen molar-refractivity contribution in [3.8, 4) is 0 Å². The van der Waals surface area contributed by atoms with Crippen molar-refractivity contribution in [1.29, 1.82) is 0 Å². The molecule has 0 aliphatic rings. The minimum atomic E-state index is -1.05. The predicted molar refractivity (Wildman–Crippen MR) is 77.6 cm³/mol. The largest absolute Gasteiger partial charge is 0.481 e. The highest BCUT2D eigenvalue weighted by Gasteiger charge is 2.21. The highest BCUT2D eigenvalue weighted by molar-refractivity contribution is 5.75. The second kappa shape index (κ2) is 5.78. The second-order valence-corrected chi connectivity index (χ2v) is 4.91.